The van der Waals surface area contributed by atoms with Crippen molar-refractivity contribution < 1.29 is 18.3 Å². The monoisotopic (exact) mass is 395 g/mol. The van der Waals surface area contributed by atoms with Gasteiger partial charge >= 0.3 is 5.97 Å². The van der Waals surface area contributed by atoms with Crippen LogP contribution >= 0.6 is 23.4 Å². The number of hydrogen-bond donors (Lipinski definition) is 0. The molecule has 0 aliphatic rings. The molecule has 26 heavy (non-hydrogen) atoms. The third-order valence-electron chi connectivity index (χ3n) is 3.24. The van der Waals surface area contributed by atoms with Gasteiger partial charge in [0.2, 0.25) is 0 Å². The first-order valence-electron chi connectivity index (χ1n) is 7.50. The fourth-order valence-corrected chi connectivity index (χ4v) is 3.10. The van der Waals surface area contributed by atoms with E-state index in [1.54, 1.807) is 19.1 Å². The molecule has 5 nitrogen and oxygen atoms in total. The van der Waals surface area contributed by atoms with Crippen LogP contribution in [0, 0.1) is 11.6 Å². The minimum atomic E-state index is -1.07. The van der Waals surface area contributed by atoms with Gasteiger partial charge in [-0.2, -0.15) is 5.10 Å². The van der Waals surface area contributed by atoms with Gasteiger partial charge < -0.3 is 4.74 Å². The Bertz CT molecular complexity index is 948. The lowest BCUT2D eigenvalue weighted by Crippen LogP contribution is -2.08. The number of rotatable bonds is 5. The standard InChI is InChI=1S/C17H12ClF2N3O2S/c1-2-25-17(24)12-8-15(26-10-6-7-14(18)21-9-10)23(22-12)13-5-3-4-11(19)16(13)20/h3-9H,2H2,1H3. The molecular weight excluding hydrogens is 384 g/mol. The van der Waals surface area contributed by atoms with Crippen LogP contribution < -0.4 is 0 Å². The van der Waals surface area contributed by atoms with Crippen LogP contribution in [0.15, 0.2) is 52.5 Å². The third-order valence-corrected chi connectivity index (χ3v) is 4.44. The largest absolute Gasteiger partial charge is 0.461 e. The summed E-state index contributed by atoms with van der Waals surface area (Å²) in [6.45, 7) is 1.83. The summed E-state index contributed by atoms with van der Waals surface area (Å²) in [6.07, 6.45) is 1.52. The Morgan fingerprint density at radius 3 is 2.81 bits per heavy atom. The van der Waals surface area contributed by atoms with E-state index in [-0.39, 0.29) is 18.0 Å². The van der Waals surface area contributed by atoms with E-state index in [0.717, 1.165) is 10.7 Å². The van der Waals surface area contributed by atoms with Crippen molar-refractivity contribution >= 4 is 29.3 Å². The highest BCUT2D eigenvalue weighted by Crippen LogP contribution is 2.31. The van der Waals surface area contributed by atoms with Crippen molar-refractivity contribution in [1.82, 2.24) is 14.8 Å². The summed E-state index contributed by atoms with van der Waals surface area (Å²) in [5, 5.41) is 4.80. The van der Waals surface area contributed by atoms with Crippen LogP contribution in [-0.2, 0) is 4.74 Å². The van der Waals surface area contributed by atoms with E-state index in [0.29, 0.717) is 15.1 Å². The molecule has 0 spiro atoms. The van der Waals surface area contributed by atoms with Crippen LogP contribution in [0.2, 0.25) is 5.15 Å². The number of pyridine rings is 1. The number of hydrogen-bond acceptors (Lipinski definition) is 5. The zero-order valence-electron chi connectivity index (χ0n) is 13.4. The number of benzene rings is 1. The first-order valence-corrected chi connectivity index (χ1v) is 8.70. The number of carbonyl (C=O) groups is 1. The molecule has 0 fully saturated rings. The topological polar surface area (TPSA) is 57.0 Å². The molecule has 0 radical (unpaired) electrons. The van der Waals surface area contributed by atoms with Gasteiger partial charge in [0.15, 0.2) is 17.3 Å². The summed E-state index contributed by atoms with van der Waals surface area (Å²) in [4.78, 5) is 16.6. The number of ether oxygens (including phenoxy) is 1. The minimum absolute atomic E-state index is 0.0140. The fraction of sp³-hybridized carbons (Fsp3) is 0.118. The highest BCUT2D eigenvalue weighted by atomic mass is 35.5. The predicted molar refractivity (Wildman–Crippen MR) is 92.8 cm³/mol. The summed E-state index contributed by atoms with van der Waals surface area (Å²) in [7, 11) is 0. The fourth-order valence-electron chi connectivity index (χ4n) is 2.11. The molecule has 0 atom stereocenters. The van der Waals surface area contributed by atoms with E-state index >= 15 is 0 Å². The summed E-state index contributed by atoms with van der Waals surface area (Å²) in [5.74, 6) is -2.74. The summed E-state index contributed by atoms with van der Waals surface area (Å²) < 4.78 is 33.9. The van der Waals surface area contributed by atoms with Crippen molar-refractivity contribution in [3.05, 3.63) is 65.1 Å². The Morgan fingerprint density at radius 2 is 2.12 bits per heavy atom. The molecule has 0 aliphatic carbocycles. The number of halogens is 3. The van der Waals surface area contributed by atoms with Crippen LogP contribution in [0.25, 0.3) is 5.69 Å². The molecular formula is C17H12ClF2N3O2S. The lowest BCUT2D eigenvalue weighted by Gasteiger charge is -2.08. The maximum Gasteiger partial charge on any atom is 0.358 e. The van der Waals surface area contributed by atoms with Crippen LogP contribution in [0.5, 0.6) is 0 Å². The van der Waals surface area contributed by atoms with Crippen LogP contribution in [0.1, 0.15) is 17.4 Å². The maximum atomic E-state index is 14.2. The zero-order valence-corrected chi connectivity index (χ0v) is 15.0. The molecule has 0 N–H and O–H groups in total. The van der Waals surface area contributed by atoms with E-state index < -0.39 is 17.6 Å². The minimum Gasteiger partial charge on any atom is -0.461 e. The van der Waals surface area contributed by atoms with Crippen molar-refractivity contribution in [2.45, 2.75) is 16.8 Å². The van der Waals surface area contributed by atoms with Gasteiger partial charge in [-0.25, -0.2) is 23.2 Å². The Hall–Kier alpha value is -2.45. The molecule has 0 saturated heterocycles. The molecule has 2 heterocycles. The van der Waals surface area contributed by atoms with Crippen molar-refractivity contribution in [3.8, 4) is 5.69 Å². The second-order valence-corrected chi connectivity index (χ2v) is 6.47. The average molecular weight is 396 g/mol. The van der Waals surface area contributed by atoms with Gasteiger partial charge in [0.25, 0.3) is 0 Å². The van der Waals surface area contributed by atoms with Gasteiger partial charge in [-0.1, -0.05) is 29.4 Å². The third kappa shape index (κ3) is 3.86. The molecule has 0 unspecified atom stereocenters. The molecule has 3 rings (SSSR count). The highest BCUT2D eigenvalue weighted by molar-refractivity contribution is 7.99. The van der Waals surface area contributed by atoms with E-state index in [4.69, 9.17) is 16.3 Å². The molecule has 2 aromatic heterocycles. The Morgan fingerprint density at radius 1 is 1.31 bits per heavy atom. The predicted octanol–water partition coefficient (Wildman–Crippen LogP) is 4.53. The molecule has 0 saturated carbocycles. The van der Waals surface area contributed by atoms with Crippen LogP contribution in [-0.4, -0.2) is 27.3 Å². The van der Waals surface area contributed by atoms with Crippen LogP contribution in [0.3, 0.4) is 0 Å². The Balaban J connectivity index is 2.07. The molecule has 9 heteroatoms. The van der Waals surface area contributed by atoms with Gasteiger partial charge in [0, 0.05) is 17.2 Å². The van der Waals surface area contributed by atoms with E-state index in [1.807, 2.05) is 0 Å². The number of nitrogens with zero attached hydrogens (tertiary/aromatic N) is 3. The molecule has 0 amide bonds. The van der Waals surface area contributed by atoms with E-state index in [1.165, 1.54) is 36.2 Å². The summed E-state index contributed by atoms with van der Waals surface area (Å²) in [5.41, 5.74) is -0.134. The lowest BCUT2D eigenvalue weighted by atomic mass is 10.3. The quantitative estimate of drug-likeness (QED) is 0.469. The van der Waals surface area contributed by atoms with Gasteiger partial charge in [-0.15, -0.1) is 0 Å². The van der Waals surface area contributed by atoms with Gasteiger partial charge in [-0.3, -0.25) is 0 Å². The molecule has 0 aliphatic heterocycles. The maximum absolute atomic E-state index is 14.2. The Labute approximate surface area is 156 Å². The molecule has 134 valence electrons. The first-order chi connectivity index (χ1) is 12.5. The van der Waals surface area contributed by atoms with Crippen molar-refractivity contribution in [2.75, 3.05) is 6.61 Å². The molecule has 3 aromatic rings. The first kappa shape index (κ1) is 18.3. The normalized spacial score (nSPS) is 10.8. The number of esters is 1. The summed E-state index contributed by atoms with van der Waals surface area (Å²) in [6, 6.07) is 8.48. The van der Waals surface area contributed by atoms with E-state index in [9.17, 15) is 13.6 Å². The van der Waals surface area contributed by atoms with Crippen LogP contribution in [0.4, 0.5) is 8.78 Å². The van der Waals surface area contributed by atoms with Gasteiger partial charge in [0.1, 0.15) is 15.9 Å². The lowest BCUT2D eigenvalue weighted by molar-refractivity contribution is 0.0519. The molecule has 1 aromatic carbocycles. The highest BCUT2D eigenvalue weighted by Gasteiger charge is 2.20. The van der Waals surface area contributed by atoms with Crippen molar-refractivity contribution in [2.24, 2.45) is 0 Å². The SMILES string of the molecule is CCOC(=O)c1cc(Sc2ccc(Cl)nc2)n(-c2cccc(F)c2F)n1. The number of carbonyl (C=O) groups excluding carboxylic acids is 1. The Kier molecular flexibility index (Phi) is 5.53. The van der Waals surface area contributed by atoms with Gasteiger partial charge in [0.05, 0.1) is 6.61 Å². The van der Waals surface area contributed by atoms with Crippen molar-refractivity contribution in [1.29, 1.82) is 0 Å². The smallest absolute Gasteiger partial charge is 0.358 e. The second kappa shape index (κ2) is 7.84. The average Bonchev–Trinajstić information content (AvgIpc) is 3.03. The second-order valence-electron chi connectivity index (χ2n) is 4.99. The molecule has 0 bridgehead atoms. The van der Waals surface area contributed by atoms with E-state index in [2.05, 4.69) is 10.1 Å². The zero-order chi connectivity index (χ0) is 18.7. The van der Waals surface area contributed by atoms with Crippen molar-refractivity contribution in [3.63, 3.8) is 0 Å². The number of aromatic nitrogens is 3. The van der Waals surface area contributed by atoms with Gasteiger partial charge in [-0.05, 0) is 31.2 Å². The summed E-state index contributed by atoms with van der Waals surface area (Å²) >= 11 is 6.94.